The third-order valence-corrected chi connectivity index (χ3v) is 4.86. The molecule has 0 saturated carbocycles. The zero-order chi connectivity index (χ0) is 14.0. The van der Waals surface area contributed by atoms with Gasteiger partial charge in [0, 0.05) is 11.6 Å². The van der Waals surface area contributed by atoms with Crippen LogP contribution in [-0.2, 0) is 14.6 Å². The van der Waals surface area contributed by atoms with E-state index in [1.165, 1.54) is 0 Å². The summed E-state index contributed by atoms with van der Waals surface area (Å²) in [4.78, 5) is 23.6. The summed E-state index contributed by atoms with van der Waals surface area (Å²) in [5.41, 5.74) is 1.31. The molecule has 2 rings (SSSR count). The highest BCUT2D eigenvalue weighted by molar-refractivity contribution is 7.91. The van der Waals surface area contributed by atoms with E-state index in [1.54, 1.807) is 24.3 Å². The van der Waals surface area contributed by atoms with Crippen LogP contribution in [0.2, 0.25) is 0 Å². The van der Waals surface area contributed by atoms with Gasteiger partial charge >= 0.3 is 0 Å². The largest absolute Gasteiger partial charge is 0.345 e. The highest BCUT2D eigenvalue weighted by Crippen LogP contribution is 2.12. The van der Waals surface area contributed by atoms with E-state index in [2.05, 4.69) is 5.32 Å². The molecule has 0 aliphatic carbocycles. The number of rotatable bonds is 3. The maximum Gasteiger partial charge on any atom is 0.292 e. The quantitative estimate of drug-likeness (QED) is 0.645. The molecule has 1 saturated heterocycles. The summed E-state index contributed by atoms with van der Waals surface area (Å²) in [6, 6.07) is 6.22. The van der Waals surface area contributed by atoms with Crippen LogP contribution in [0.25, 0.3) is 0 Å². The summed E-state index contributed by atoms with van der Waals surface area (Å²) < 4.78 is 22.5. The van der Waals surface area contributed by atoms with Gasteiger partial charge in [-0.2, -0.15) is 0 Å². The van der Waals surface area contributed by atoms with Crippen molar-refractivity contribution in [3.63, 3.8) is 0 Å². The number of Topliss-reactive ketones (excluding diaryl/α,β-unsaturated/α-hetero) is 1. The molecule has 1 N–H and O–H groups in total. The first-order chi connectivity index (χ1) is 8.87. The molecule has 0 unspecified atom stereocenters. The van der Waals surface area contributed by atoms with Crippen LogP contribution in [-0.4, -0.2) is 37.7 Å². The average molecular weight is 281 g/mol. The fraction of sp³-hybridized carbons (Fsp3) is 0.385. The molecular formula is C13H15NO4S. The first-order valence-corrected chi connectivity index (χ1v) is 7.82. The van der Waals surface area contributed by atoms with E-state index < -0.39 is 27.6 Å². The topological polar surface area (TPSA) is 80.3 Å². The van der Waals surface area contributed by atoms with Crippen LogP contribution < -0.4 is 5.32 Å². The highest BCUT2D eigenvalue weighted by Gasteiger charge is 2.30. The molecule has 1 aliphatic heterocycles. The van der Waals surface area contributed by atoms with E-state index in [9.17, 15) is 18.0 Å². The lowest BCUT2D eigenvalue weighted by molar-refractivity contribution is -0.117. The van der Waals surface area contributed by atoms with Crippen LogP contribution in [0.1, 0.15) is 22.3 Å². The second kappa shape index (κ2) is 5.13. The van der Waals surface area contributed by atoms with Crippen molar-refractivity contribution in [2.45, 2.75) is 19.4 Å². The molecule has 1 aromatic rings. The summed E-state index contributed by atoms with van der Waals surface area (Å²) >= 11 is 0. The number of amides is 1. The first-order valence-electron chi connectivity index (χ1n) is 6.00. The molecule has 5 nitrogen and oxygen atoms in total. The van der Waals surface area contributed by atoms with Crippen LogP contribution in [0, 0.1) is 6.92 Å². The second-order valence-corrected chi connectivity index (χ2v) is 7.00. The molecule has 1 heterocycles. The van der Waals surface area contributed by atoms with Crippen LogP contribution in [0.3, 0.4) is 0 Å². The van der Waals surface area contributed by atoms with Crippen molar-refractivity contribution in [1.82, 2.24) is 5.32 Å². The molecule has 1 fully saturated rings. The second-order valence-electron chi connectivity index (χ2n) is 4.77. The molecule has 1 atom stereocenters. The van der Waals surface area contributed by atoms with E-state index in [0.717, 1.165) is 5.56 Å². The Bertz CT molecular complexity index is 604. The number of aryl methyl sites for hydroxylation is 1. The summed E-state index contributed by atoms with van der Waals surface area (Å²) in [5, 5.41) is 2.48. The Morgan fingerprint density at radius 1 is 1.21 bits per heavy atom. The lowest BCUT2D eigenvalue weighted by Crippen LogP contribution is -2.39. The minimum absolute atomic E-state index is 0.0661. The van der Waals surface area contributed by atoms with E-state index in [4.69, 9.17) is 0 Å². The summed E-state index contributed by atoms with van der Waals surface area (Å²) in [6.45, 7) is 1.89. The Kier molecular flexibility index (Phi) is 3.71. The van der Waals surface area contributed by atoms with Gasteiger partial charge in [-0.05, 0) is 13.3 Å². The number of hydrogen-bond donors (Lipinski definition) is 1. The Morgan fingerprint density at radius 2 is 1.84 bits per heavy atom. The molecule has 1 amide bonds. The number of benzene rings is 1. The lowest BCUT2D eigenvalue weighted by Gasteiger charge is -2.09. The highest BCUT2D eigenvalue weighted by atomic mass is 32.2. The number of ketones is 1. The van der Waals surface area contributed by atoms with Crippen LogP contribution >= 0.6 is 0 Å². The number of hydrogen-bond acceptors (Lipinski definition) is 4. The smallest absolute Gasteiger partial charge is 0.292 e. The summed E-state index contributed by atoms with van der Waals surface area (Å²) in [6.07, 6.45) is 0.370. The van der Waals surface area contributed by atoms with Gasteiger partial charge in [0.05, 0.1) is 11.5 Å². The lowest BCUT2D eigenvalue weighted by atomic mass is 10.1. The van der Waals surface area contributed by atoms with Gasteiger partial charge in [0.15, 0.2) is 9.84 Å². The summed E-state index contributed by atoms with van der Waals surface area (Å²) in [5.74, 6) is -1.40. The molecule has 19 heavy (non-hydrogen) atoms. The fourth-order valence-electron chi connectivity index (χ4n) is 2.00. The van der Waals surface area contributed by atoms with Crippen LogP contribution in [0.15, 0.2) is 24.3 Å². The molecule has 6 heteroatoms. The Balaban J connectivity index is 2.01. The van der Waals surface area contributed by atoms with Crippen molar-refractivity contribution >= 4 is 21.5 Å². The van der Waals surface area contributed by atoms with E-state index in [-0.39, 0.29) is 11.5 Å². The monoisotopic (exact) mass is 281 g/mol. The molecule has 0 bridgehead atoms. The Hall–Kier alpha value is -1.69. The van der Waals surface area contributed by atoms with Gasteiger partial charge in [0.2, 0.25) is 5.78 Å². The van der Waals surface area contributed by atoms with Crippen molar-refractivity contribution in [2.75, 3.05) is 11.5 Å². The van der Waals surface area contributed by atoms with Crippen LogP contribution in [0.5, 0.6) is 0 Å². The van der Waals surface area contributed by atoms with Crippen LogP contribution in [0.4, 0.5) is 0 Å². The predicted molar refractivity (Wildman–Crippen MR) is 70.7 cm³/mol. The zero-order valence-electron chi connectivity index (χ0n) is 10.5. The average Bonchev–Trinajstić information content (AvgIpc) is 2.68. The van der Waals surface area contributed by atoms with Gasteiger partial charge in [-0.3, -0.25) is 9.59 Å². The standard InChI is InChI=1S/C13H15NO4S/c1-9-2-4-10(5-3-9)12(15)13(16)14-11-6-7-19(17,18)8-11/h2-5,11H,6-8H2,1H3,(H,14,16)/t11-/m0/s1. The molecule has 102 valence electrons. The fourth-order valence-corrected chi connectivity index (χ4v) is 3.67. The molecule has 0 spiro atoms. The van der Waals surface area contributed by atoms with Gasteiger partial charge in [-0.25, -0.2) is 8.42 Å². The van der Waals surface area contributed by atoms with Gasteiger partial charge in [0.1, 0.15) is 0 Å². The van der Waals surface area contributed by atoms with E-state index in [1.807, 2.05) is 6.92 Å². The summed E-state index contributed by atoms with van der Waals surface area (Å²) in [7, 11) is -3.06. The minimum Gasteiger partial charge on any atom is -0.345 e. The third-order valence-electron chi connectivity index (χ3n) is 3.09. The van der Waals surface area contributed by atoms with Gasteiger partial charge in [-0.15, -0.1) is 0 Å². The van der Waals surface area contributed by atoms with Crippen molar-refractivity contribution < 1.29 is 18.0 Å². The molecule has 1 aromatic carbocycles. The molecular weight excluding hydrogens is 266 g/mol. The Morgan fingerprint density at radius 3 is 2.37 bits per heavy atom. The number of carbonyl (C=O) groups is 2. The number of sulfone groups is 1. The minimum atomic E-state index is -3.06. The third kappa shape index (κ3) is 3.41. The maximum atomic E-state index is 11.8. The van der Waals surface area contributed by atoms with Crippen molar-refractivity contribution in [2.24, 2.45) is 0 Å². The number of nitrogens with one attached hydrogen (secondary N) is 1. The van der Waals surface area contributed by atoms with Gasteiger partial charge in [0.25, 0.3) is 5.91 Å². The van der Waals surface area contributed by atoms with E-state index in [0.29, 0.717) is 12.0 Å². The maximum absolute atomic E-state index is 11.8. The molecule has 0 radical (unpaired) electrons. The predicted octanol–water partition coefficient (Wildman–Crippen LogP) is 0.481. The zero-order valence-corrected chi connectivity index (χ0v) is 11.4. The number of carbonyl (C=O) groups excluding carboxylic acids is 2. The van der Waals surface area contributed by atoms with Crippen molar-refractivity contribution in [3.8, 4) is 0 Å². The van der Waals surface area contributed by atoms with E-state index >= 15 is 0 Å². The molecule has 0 aromatic heterocycles. The van der Waals surface area contributed by atoms with Gasteiger partial charge < -0.3 is 5.32 Å². The SMILES string of the molecule is Cc1ccc(C(=O)C(=O)N[C@H]2CCS(=O)(=O)C2)cc1. The first kappa shape index (κ1) is 13.7. The Labute approximate surface area is 111 Å². The van der Waals surface area contributed by atoms with Gasteiger partial charge in [-0.1, -0.05) is 29.8 Å². The molecule has 1 aliphatic rings. The van der Waals surface area contributed by atoms with Crippen molar-refractivity contribution in [3.05, 3.63) is 35.4 Å². The normalized spacial score (nSPS) is 21.0. The van der Waals surface area contributed by atoms with Crippen molar-refractivity contribution in [1.29, 1.82) is 0 Å².